The van der Waals surface area contributed by atoms with Gasteiger partial charge in [-0.15, -0.1) is 0 Å². The van der Waals surface area contributed by atoms with Gasteiger partial charge in [0.15, 0.2) is 0 Å². The third-order valence-electron chi connectivity index (χ3n) is 10.8. The maximum Gasteiger partial charge on any atom is 0.257 e. The summed E-state index contributed by atoms with van der Waals surface area (Å²) in [4.78, 5) is 31.7. The molecule has 4 aliphatic rings. The van der Waals surface area contributed by atoms with Gasteiger partial charge in [-0.25, -0.2) is 0 Å². The van der Waals surface area contributed by atoms with E-state index in [0.29, 0.717) is 82.7 Å². The van der Waals surface area contributed by atoms with Crippen molar-refractivity contribution < 1.29 is 23.8 Å². The second-order valence-corrected chi connectivity index (χ2v) is 13.6. The Kier molecular flexibility index (Phi) is 8.76. The molecule has 1 saturated carbocycles. The van der Waals surface area contributed by atoms with E-state index in [1.54, 1.807) is 13.3 Å². The minimum absolute atomic E-state index is 0.0205. The van der Waals surface area contributed by atoms with E-state index in [1.807, 2.05) is 26.6 Å². The lowest BCUT2D eigenvalue weighted by Crippen LogP contribution is -2.41. The van der Waals surface area contributed by atoms with Gasteiger partial charge in [-0.3, -0.25) is 14.3 Å². The van der Waals surface area contributed by atoms with Gasteiger partial charge in [0.05, 0.1) is 63.2 Å². The van der Waals surface area contributed by atoms with Gasteiger partial charge in [0, 0.05) is 54.8 Å². The van der Waals surface area contributed by atoms with Crippen LogP contribution in [0.2, 0.25) is 0 Å². The third kappa shape index (κ3) is 5.74. The number of amides is 2. The largest absolute Gasteiger partial charge is 0.497 e. The Morgan fingerprint density at radius 3 is 2.29 bits per heavy atom. The van der Waals surface area contributed by atoms with Gasteiger partial charge in [-0.2, -0.15) is 5.10 Å². The number of aryl methyl sites for hydroxylation is 1. The number of methoxy groups -OCH3 is 1. The molecule has 49 heavy (non-hydrogen) atoms. The topological polar surface area (TPSA) is 91.1 Å². The fourth-order valence-corrected chi connectivity index (χ4v) is 8.32. The van der Waals surface area contributed by atoms with Crippen molar-refractivity contribution in [1.82, 2.24) is 24.1 Å². The van der Waals surface area contributed by atoms with E-state index in [1.165, 1.54) is 35.9 Å². The van der Waals surface area contributed by atoms with Crippen molar-refractivity contribution in [2.45, 2.75) is 58.0 Å². The maximum atomic E-state index is 14.1. The van der Waals surface area contributed by atoms with Crippen molar-refractivity contribution in [3.63, 3.8) is 0 Å². The molecule has 2 amide bonds. The van der Waals surface area contributed by atoms with Gasteiger partial charge in [0.1, 0.15) is 5.75 Å². The fourth-order valence-electron chi connectivity index (χ4n) is 8.32. The first-order chi connectivity index (χ1) is 24.1. The molecule has 10 heteroatoms. The Labute approximate surface area is 287 Å². The van der Waals surface area contributed by atoms with Gasteiger partial charge < -0.3 is 28.6 Å². The molecule has 0 radical (unpaired) electrons. The normalized spacial score (nSPS) is 18.5. The molecule has 0 bridgehead atoms. The first kappa shape index (κ1) is 31.8. The molecule has 0 atom stereocenters. The van der Waals surface area contributed by atoms with Crippen LogP contribution in [0.5, 0.6) is 5.75 Å². The van der Waals surface area contributed by atoms with Gasteiger partial charge in [0.2, 0.25) is 0 Å². The quantitative estimate of drug-likeness (QED) is 0.249. The Hall–Kier alpha value is -4.41. The molecular weight excluding hydrogens is 618 g/mol. The second kappa shape index (κ2) is 13.5. The molecule has 8 rings (SSSR count). The Morgan fingerprint density at radius 1 is 0.878 bits per heavy atom. The summed E-state index contributed by atoms with van der Waals surface area (Å²) in [6.07, 6.45) is 9.95. The van der Waals surface area contributed by atoms with Crippen LogP contribution in [0, 0.1) is 0 Å². The van der Waals surface area contributed by atoms with Crippen LogP contribution in [-0.4, -0.2) is 95.7 Å². The Bertz CT molecular complexity index is 1920. The SMILES string of the molecule is CCn1ncc(C(=O)N2CCOCC2)c1C1=Cc2cc(OC)ccc2-c2c(C3CCCCC3)c3ccc(C(=O)N4CCOCC4)cc3n2C1. The van der Waals surface area contributed by atoms with E-state index in [9.17, 15) is 9.59 Å². The number of carbonyl (C=O) groups is 2. The zero-order chi connectivity index (χ0) is 33.5. The molecule has 10 nitrogen and oxygen atoms in total. The zero-order valence-electron chi connectivity index (χ0n) is 28.6. The molecule has 4 aromatic rings. The van der Waals surface area contributed by atoms with Crippen LogP contribution in [0.25, 0.3) is 33.8 Å². The number of rotatable bonds is 6. The summed E-state index contributed by atoms with van der Waals surface area (Å²) in [7, 11) is 1.70. The highest BCUT2D eigenvalue weighted by Gasteiger charge is 2.33. The average molecular weight is 664 g/mol. The zero-order valence-corrected chi connectivity index (χ0v) is 28.6. The molecular formula is C39H45N5O5. The van der Waals surface area contributed by atoms with E-state index in [0.717, 1.165) is 46.5 Å². The predicted octanol–water partition coefficient (Wildman–Crippen LogP) is 6.08. The van der Waals surface area contributed by atoms with Crippen LogP contribution in [0.15, 0.2) is 42.6 Å². The lowest BCUT2D eigenvalue weighted by atomic mass is 9.81. The number of hydrogen-bond acceptors (Lipinski definition) is 6. The first-order valence-corrected chi connectivity index (χ1v) is 17.9. The standard InChI is InChI=1S/C39H45N5O5/c1-3-44-36(33(24-40-44)39(46)42-15-19-49-20-16-42)29-21-28-22-30(47-2)10-12-31(28)37-35(26-7-5-4-6-8-26)32-11-9-27(23-34(32)43(37)25-29)38(45)41-13-17-48-18-14-41/h9-12,21-24,26H,3-8,13-20,25H2,1-2H3. The second-order valence-electron chi connectivity index (χ2n) is 13.6. The Balaban J connectivity index is 1.34. The third-order valence-corrected chi connectivity index (χ3v) is 10.8. The molecule has 3 aliphatic heterocycles. The number of aromatic nitrogens is 3. The molecule has 2 aromatic heterocycles. The van der Waals surface area contributed by atoms with Crippen LogP contribution < -0.4 is 4.74 Å². The number of ether oxygens (including phenoxy) is 3. The molecule has 2 aromatic carbocycles. The average Bonchev–Trinajstić information content (AvgIpc) is 3.69. The van der Waals surface area contributed by atoms with E-state index in [-0.39, 0.29) is 11.8 Å². The summed E-state index contributed by atoms with van der Waals surface area (Å²) < 4.78 is 21.2. The summed E-state index contributed by atoms with van der Waals surface area (Å²) in [6, 6.07) is 12.6. The van der Waals surface area contributed by atoms with Crippen LogP contribution in [0.4, 0.5) is 0 Å². The number of morpholine rings is 2. The van der Waals surface area contributed by atoms with Crippen molar-refractivity contribution in [3.8, 4) is 17.0 Å². The lowest BCUT2D eigenvalue weighted by molar-refractivity contribution is 0.0301. The minimum Gasteiger partial charge on any atom is -0.497 e. The molecule has 1 aliphatic carbocycles. The summed E-state index contributed by atoms with van der Waals surface area (Å²) in [6.45, 7) is 7.72. The minimum atomic E-state index is -0.0205. The molecule has 3 fully saturated rings. The van der Waals surface area contributed by atoms with E-state index in [4.69, 9.17) is 19.3 Å². The lowest BCUT2D eigenvalue weighted by Gasteiger charge is -2.27. The van der Waals surface area contributed by atoms with Crippen molar-refractivity contribution in [2.24, 2.45) is 0 Å². The molecule has 0 unspecified atom stereocenters. The van der Waals surface area contributed by atoms with Crippen LogP contribution in [-0.2, 0) is 22.6 Å². The van der Waals surface area contributed by atoms with E-state index in [2.05, 4.69) is 41.8 Å². The smallest absolute Gasteiger partial charge is 0.257 e. The van der Waals surface area contributed by atoms with Crippen molar-refractivity contribution >= 4 is 34.4 Å². The van der Waals surface area contributed by atoms with Crippen LogP contribution >= 0.6 is 0 Å². The number of carbonyl (C=O) groups excluding carboxylic acids is 2. The number of nitrogens with zero attached hydrogens (tertiary/aromatic N) is 5. The molecule has 5 heterocycles. The summed E-state index contributed by atoms with van der Waals surface area (Å²) in [5.41, 5.74) is 8.94. The van der Waals surface area contributed by atoms with Crippen molar-refractivity contribution in [1.29, 1.82) is 0 Å². The van der Waals surface area contributed by atoms with Crippen LogP contribution in [0.3, 0.4) is 0 Å². The highest BCUT2D eigenvalue weighted by molar-refractivity contribution is 6.04. The number of hydrogen-bond donors (Lipinski definition) is 0. The van der Waals surface area contributed by atoms with Gasteiger partial charge in [-0.1, -0.05) is 25.3 Å². The summed E-state index contributed by atoms with van der Waals surface area (Å²) in [5, 5.41) is 5.94. The number of allylic oxidation sites excluding steroid dienone is 1. The fraction of sp³-hybridized carbons (Fsp3) is 0.462. The first-order valence-electron chi connectivity index (χ1n) is 17.9. The number of fused-ring (bicyclic) bond motifs is 5. The highest BCUT2D eigenvalue weighted by Crippen LogP contribution is 2.48. The van der Waals surface area contributed by atoms with Crippen LogP contribution in [0.1, 0.15) is 82.5 Å². The van der Waals surface area contributed by atoms with Gasteiger partial charge in [-0.05, 0) is 78.8 Å². The summed E-state index contributed by atoms with van der Waals surface area (Å²) >= 11 is 0. The van der Waals surface area contributed by atoms with Gasteiger partial charge in [0.25, 0.3) is 11.8 Å². The Morgan fingerprint density at radius 2 is 1.59 bits per heavy atom. The number of benzene rings is 2. The monoisotopic (exact) mass is 663 g/mol. The highest BCUT2D eigenvalue weighted by atomic mass is 16.5. The maximum absolute atomic E-state index is 14.1. The van der Waals surface area contributed by atoms with Gasteiger partial charge >= 0.3 is 0 Å². The molecule has 256 valence electrons. The van der Waals surface area contributed by atoms with E-state index >= 15 is 0 Å². The molecule has 0 spiro atoms. The molecule has 0 N–H and O–H groups in total. The van der Waals surface area contributed by atoms with Crippen molar-refractivity contribution in [2.75, 3.05) is 59.7 Å². The van der Waals surface area contributed by atoms with Crippen molar-refractivity contribution in [3.05, 3.63) is 70.5 Å². The van der Waals surface area contributed by atoms with E-state index < -0.39 is 0 Å². The molecule has 2 saturated heterocycles. The summed E-state index contributed by atoms with van der Waals surface area (Å²) in [5.74, 6) is 1.22. The predicted molar refractivity (Wildman–Crippen MR) is 189 cm³/mol.